The molecule has 2 aromatic carbocycles. The lowest BCUT2D eigenvalue weighted by Crippen LogP contribution is -2.42. The fourth-order valence-electron chi connectivity index (χ4n) is 3.24. The van der Waals surface area contributed by atoms with Crippen LogP contribution in [0.25, 0.3) is 0 Å². The van der Waals surface area contributed by atoms with Gasteiger partial charge in [-0.15, -0.1) is 17.9 Å². The largest absolute Gasteiger partial charge is 0.332 e. The molecular weight excluding hydrogens is 481 g/mol. The van der Waals surface area contributed by atoms with E-state index < -0.39 is 16.5 Å². The second-order valence-electron chi connectivity index (χ2n) is 7.35. The minimum Gasteiger partial charge on any atom is -0.332 e. The van der Waals surface area contributed by atoms with Gasteiger partial charge in [-0.2, -0.15) is 0 Å². The molecule has 0 aliphatic heterocycles. The van der Waals surface area contributed by atoms with Gasteiger partial charge in [-0.25, -0.2) is 4.39 Å². The van der Waals surface area contributed by atoms with E-state index in [4.69, 9.17) is 11.6 Å². The molecule has 0 radical (unpaired) electrons. The number of nitro groups is 1. The van der Waals surface area contributed by atoms with Crippen LogP contribution in [0, 0.1) is 15.9 Å². The topological polar surface area (TPSA) is 83.8 Å². The molecule has 0 saturated heterocycles. The number of thiophene rings is 1. The minimum atomic E-state index is -0.673. The molecule has 0 atom stereocenters. The van der Waals surface area contributed by atoms with Crippen LogP contribution in [0.3, 0.4) is 0 Å². The first-order valence-corrected chi connectivity index (χ1v) is 11.4. The summed E-state index contributed by atoms with van der Waals surface area (Å²) in [4.78, 5) is 40.7. The van der Waals surface area contributed by atoms with Crippen LogP contribution in [-0.2, 0) is 17.9 Å². The summed E-state index contributed by atoms with van der Waals surface area (Å²) in [5.41, 5.74) is 0.378. The van der Waals surface area contributed by atoms with Gasteiger partial charge in [-0.3, -0.25) is 19.7 Å². The van der Waals surface area contributed by atoms with Crippen molar-refractivity contribution >= 4 is 40.4 Å². The van der Waals surface area contributed by atoms with Gasteiger partial charge in [0.25, 0.3) is 11.6 Å². The molecule has 10 heteroatoms. The normalized spacial score (nSPS) is 10.5. The Morgan fingerprint density at radius 2 is 1.85 bits per heavy atom. The predicted molar refractivity (Wildman–Crippen MR) is 129 cm³/mol. The van der Waals surface area contributed by atoms with Gasteiger partial charge in [0.1, 0.15) is 17.4 Å². The smallest absolute Gasteiger partial charge is 0.288 e. The molecule has 0 aliphatic rings. The van der Waals surface area contributed by atoms with E-state index in [-0.39, 0.29) is 41.9 Å². The van der Waals surface area contributed by atoms with Crippen LogP contribution in [-0.4, -0.2) is 39.6 Å². The number of hydrogen-bond acceptors (Lipinski definition) is 5. The van der Waals surface area contributed by atoms with Crippen LogP contribution >= 0.6 is 22.9 Å². The number of carbonyl (C=O) groups excluding carboxylic acids is 2. The fourth-order valence-corrected chi connectivity index (χ4v) is 4.15. The van der Waals surface area contributed by atoms with Gasteiger partial charge in [-0.1, -0.05) is 35.9 Å². The highest BCUT2D eigenvalue weighted by Crippen LogP contribution is 2.26. The fraction of sp³-hybridized carbons (Fsp3) is 0.167. The van der Waals surface area contributed by atoms with Gasteiger partial charge in [0.2, 0.25) is 5.91 Å². The maximum absolute atomic E-state index is 13.3. The van der Waals surface area contributed by atoms with Crippen molar-refractivity contribution in [1.82, 2.24) is 9.80 Å². The molecular formula is C24H21ClFN3O4S. The van der Waals surface area contributed by atoms with Crippen molar-refractivity contribution < 1.29 is 18.9 Å². The van der Waals surface area contributed by atoms with Gasteiger partial charge in [0, 0.05) is 29.6 Å². The van der Waals surface area contributed by atoms with Crippen molar-refractivity contribution in [2.75, 3.05) is 13.1 Å². The zero-order valence-corrected chi connectivity index (χ0v) is 19.6. The summed E-state index contributed by atoms with van der Waals surface area (Å²) in [5, 5.41) is 13.0. The maximum Gasteiger partial charge on any atom is 0.288 e. The number of rotatable bonds is 10. The number of nitrogens with zero attached hydrogens (tertiary/aromatic N) is 3. The summed E-state index contributed by atoms with van der Waals surface area (Å²) in [6, 6.07) is 13.4. The van der Waals surface area contributed by atoms with Gasteiger partial charge in [0.05, 0.1) is 11.5 Å². The van der Waals surface area contributed by atoms with Crippen LogP contribution < -0.4 is 0 Å². The summed E-state index contributed by atoms with van der Waals surface area (Å²) < 4.78 is 13.3. The highest BCUT2D eigenvalue weighted by Gasteiger charge is 2.24. The van der Waals surface area contributed by atoms with E-state index in [1.807, 2.05) is 17.5 Å². The number of nitro benzene ring substituents is 1. The van der Waals surface area contributed by atoms with Crippen molar-refractivity contribution in [3.63, 3.8) is 0 Å². The average molecular weight is 502 g/mol. The van der Waals surface area contributed by atoms with Crippen LogP contribution in [0.2, 0.25) is 5.02 Å². The van der Waals surface area contributed by atoms with E-state index in [2.05, 4.69) is 6.58 Å². The molecule has 0 fully saturated rings. The third-order valence-corrected chi connectivity index (χ3v) is 6.10. The maximum atomic E-state index is 13.3. The summed E-state index contributed by atoms with van der Waals surface area (Å²) in [6.07, 6.45) is 1.47. The third kappa shape index (κ3) is 6.49. The van der Waals surface area contributed by atoms with Crippen molar-refractivity contribution in [1.29, 1.82) is 0 Å². The molecule has 0 spiro atoms. The van der Waals surface area contributed by atoms with Crippen molar-refractivity contribution in [3.8, 4) is 0 Å². The first-order valence-electron chi connectivity index (χ1n) is 10.2. The average Bonchev–Trinajstić information content (AvgIpc) is 3.32. The van der Waals surface area contributed by atoms with E-state index in [0.717, 1.165) is 16.5 Å². The van der Waals surface area contributed by atoms with E-state index in [9.17, 15) is 24.1 Å². The summed E-state index contributed by atoms with van der Waals surface area (Å²) in [7, 11) is 0. The van der Waals surface area contributed by atoms with Gasteiger partial charge in [0.15, 0.2) is 0 Å². The predicted octanol–water partition coefficient (Wildman–Crippen LogP) is 5.31. The van der Waals surface area contributed by atoms with E-state index in [1.54, 1.807) is 17.0 Å². The molecule has 176 valence electrons. The molecule has 0 bridgehead atoms. The lowest BCUT2D eigenvalue weighted by molar-refractivity contribution is -0.384. The first kappa shape index (κ1) is 25.1. The molecule has 0 N–H and O–H groups in total. The summed E-state index contributed by atoms with van der Waals surface area (Å²) in [6.45, 7) is 3.97. The number of amides is 2. The van der Waals surface area contributed by atoms with E-state index >= 15 is 0 Å². The van der Waals surface area contributed by atoms with Crippen LogP contribution in [0.1, 0.15) is 20.8 Å². The Morgan fingerprint density at radius 1 is 1.12 bits per heavy atom. The zero-order chi connectivity index (χ0) is 24.7. The molecule has 1 aromatic heterocycles. The molecule has 3 aromatic rings. The Bertz CT molecular complexity index is 1190. The van der Waals surface area contributed by atoms with E-state index in [0.29, 0.717) is 6.54 Å². The first-order chi connectivity index (χ1) is 16.3. The Hall–Kier alpha value is -3.56. The highest BCUT2D eigenvalue weighted by molar-refractivity contribution is 7.09. The molecule has 3 rings (SSSR count). The lowest BCUT2D eigenvalue weighted by atomic mass is 10.1. The standard InChI is InChI=1S/C24H21ClFN3O4S/c1-2-11-27(24(31)18-7-10-21(25)22(13-18)29(32)33)16-23(30)28(15-20-4-3-12-34-20)14-17-5-8-19(26)9-6-17/h2-10,12-13H,1,11,14-16H2. The number of hydrogen-bond donors (Lipinski definition) is 0. The summed E-state index contributed by atoms with van der Waals surface area (Å²) >= 11 is 7.34. The van der Waals surface area contributed by atoms with Crippen molar-refractivity contribution in [3.05, 3.63) is 110 Å². The second-order valence-corrected chi connectivity index (χ2v) is 8.79. The van der Waals surface area contributed by atoms with Crippen LogP contribution in [0.5, 0.6) is 0 Å². The van der Waals surface area contributed by atoms with Crippen LogP contribution in [0.15, 0.2) is 72.6 Å². The number of benzene rings is 2. The molecule has 2 amide bonds. The molecule has 1 heterocycles. The molecule has 0 saturated carbocycles. The Labute approximate surface area is 204 Å². The Morgan fingerprint density at radius 3 is 2.47 bits per heavy atom. The summed E-state index contributed by atoms with van der Waals surface area (Å²) in [5.74, 6) is -1.28. The van der Waals surface area contributed by atoms with E-state index in [1.165, 1.54) is 46.6 Å². The monoisotopic (exact) mass is 501 g/mol. The zero-order valence-electron chi connectivity index (χ0n) is 18.0. The number of carbonyl (C=O) groups is 2. The van der Waals surface area contributed by atoms with Gasteiger partial charge >= 0.3 is 0 Å². The van der Waals surface area contributed by atoms with Gasteiger partial charge < -0.3 is 9.80 Å². The molecule has 7 nitrogen and oxygen atoms in total. The minimum absolute atomic E-state index is 0.0362. The molecule has 0 aliphatic carbocycles. The van der Waals surface area contributed by atoms with Gasteiger partial charge in [-0.05, 0) is 41.3 Å². The third-order valence-electron chi connectivity index (χ3n) is 4.92. The van der Waals surface area contributed by atoms with Crippen molar-refractivity contribution in [2.45, 2.75) is 13.1 Å². The Balaban J connectivity index is 1.83. The lowest BCUT2D eigenvalue weighted by Gasteiger charge is -2.27. The quantitative estimate of drug-likeness (QED) is 0.214. The molecule has 34 heavy (non-hydrogen) atoms. The number of halogens is 2. The Kier molecular flexibility index (Phi) is 8.50. The highest BCUT2D eigenvalue weighted by atomic mass is 35.5. The van der Waals surface area contributed by atoms with Crippen molar-refractivity contribution in [2.24, 2.45) is 0 Å². The second kappa shape index (κ2) is 11.5. The van der Waals surface area contributed by atoms with Crippen LogP contribution in [0.4, 0.5) is 10.1 Å². The SMILES string of the molecule is C=CCN(CC(=O)N(Cc1ccc(F)cc1)Cc1cccs1)C(=O)c1ccc(Cl)c([N+](=O)[O-])c1. The molecule has 0 unspecified atom stereocenters.